The quantitative estimate of drug-likeness (QED) is 0.528. The van der Waals surface area contributed by atoms with Crippen molar-refractivity contribution in [3.8, 4) is 0 Å². The number of carbonyl (C=O) groups excluding carboxylic acids is 1. The second-order valence-electron chi connectivity index (χ2n) is 6.46. The molecule has 4 rings (SSSR count). The van der Waals surface area contributed by atoms with Gasteiger partial charge in [-0.2, -0.15) is 0 Å². The molecule has 1 aliphatic rings. The fourth-order valence-corrected chi connectivity index (χ4v) is 5.50. The second kappa shape index (κ2) is 8.51. The Kier molecular flexibility index (Phi) is 5.97. The van der Waals surface area contributed by atoms with Crippen molar-refractivity contribution in [3.63, 3.8) is 0 Å². The first-order chi connectivity index (χ1) is 14.4. The van der Waals surface area contributed by atoms with Gasteiger partial charge in [0, 0.05) is 4.88 Å². The molecule has 2 aromatic heterocycles. The van der Waals surface area contributed by atoms with Crippen LogP contribution in [0.4, 0.5) is 0 Å². The van der Waals surface area contributed by atoms with Crippen molar-refractivity contribution in [1.82, 2.24) is 4.57 Å². The van der Waals surface area contributed by atoms with E-state index in [0.717, 1.165) is 4.88 Å². The third-order valence-corrected chi connectivity index (χ3v) is 7.34. The highest BCUT2D eigenvalue weighted by atomic mass is 35.5. The maximum atomic E-state index is 13.4. The van der Waals surface area contributed by atoms with Crippen molar-refractivity contribution in [3.05, 3.63) is 87.2 Å². The van der Waals surface area contributed by atoms with Gasteiger partial charge in [-0.1, -0.05) is 52.7 Å². The lowest BCUT2D eigenvalue weighted by Gasteiger charge is -2.23. The van der Waals surface area contributed by atoms with Crippen molar-refractivity contribution < 1.29 is 9.53 Å². The topological polar surface area (TPSA) is 60.7 Å². The Morgan fingerprint density at radius 2 is 2.10 bits per heavy atom. The zero-order valence-electron chi connectivity index (χ0n) is 16.0. The number of allylic oxidation sites excluding steroid dienone is 1. The van der Waals surface area contributed by atoms with Gasteiger partial charge in [0.1, 0.15) is 6.04 Å². The summed E-state index contributed by atoms with van der Waals surface area (Å²) in [5.74, 6) is -0.468. The van der Waals surface area contributed by atoms with Crippen molar-refractivity contribution in [2.75, 3.05) is 6.61 Å². The molecule has 0 fully saturated rings. The Morgan fingerprint density at radius 3 is 2.80 bits per heavy atom. The summed E-state index contributed by atoms with van der Waals surface area (Å²) in [6.45, 7) is 3.75. The monoisotopic (exact) mass is 478 g/mol. The third kappa shape index (κ3) is 3.67. The highest BCUT2D eigenvalue weighted by Gasteiger charge is 2.33. The number of rotatable bonds is 4. The van der Waals surface area contributed by atoms with Crippen molar-refractivity contribution in [2.24, 2.45) is 4.99 Å². The van der Waals surface area contributed by atoms with Gasteiger partial charge >= 0.3 is 5.97 Å². The number of esters is 1. The average molecular weight is 479 g/mol. The molecule has 5 nitrogen and oxygen atoms in total. The summed E-state index contributed by atoms with van der Waals surface area (Å²) in [5, 5.41) is 2.70. The van der Waals surface area contributed by atoms with Crippen LogP contribution in [0.2, 0.25) is 10.0 Å². The van der Waals surface area contributed by atoms with Crippen LogP contribution in [0.15, 0.2) is 56.8 Å². The van der Waals surface area contributed by atoms with Crippen molar-refractivity contribution in [2.45, 2.75) is 19.9 Å². The standard InChI is InChI=1S/C21H16Cl2N2O3S2/c1-3-28-20(27)16-11(2)24-21-25(18(16)14-8-5-9-29-14)19(26)15(30-21)10-12-6-4-7-13(22)17(12)23/h4-10,18H,3H2,1-2H3/b15-10-/t18-/m0/s1. The summed E-state index contributed by atoms with van der Waals surface area (Å²) in [6.07, 6.45) is 1.70. The Morgan fingerprint density at radius 1 is 1.30 bits per heavy atom. The number of halogens is 2. The summed E-state index contributed by atoms with van der Waals surface area (Å²) < 4.78 is 7.27. The van der Waals surface area contributed by atoms with E-state index in [1.165, 1.54) is 22.7 Å². The number of hydrogen-bond acceptors (Lipinski definition) is 6. The van der Waals surface area contributed by atoms with Crippen LogP contribution in [0.25, 0.3) is 6.08 Å². The number of ether oxygens (including phenoxy) is 1. The number of carbonyl (C=O) groups is 1. The first kappa shape index (κ1) is 21.1. The smallest absolute Gasteiger partial charge is 0.338 e. The van der Waals surface area contributed by atoms with Gasteiger partial charge in [-0.3, -0.25) is 9.36 Å². The lowest BCUT2D eigenvalue weighted by atomic mass is 10.0. The predicted octanol–water partition coefficient (Wildman–Crippen LogP) is 4.17. The van der Waals surface area contributed by atoms with E-state index in [1.807, 2.05) is 17.5 Å². The minimum atomic E-state index is -0.586. The van der Waals surface area contributed by atoms with Crippen LogP contribution in [-0.4, -0.2) is 17.1 Å². The summed E-state index contributed by atoms with van der Waals surface area (Å²) in [7, 11) is 0. The fourth-order valence-electron chi connectivity index (χ4n) is 3.28. The van der Waals surface area contributed by atoms with Gasteiger partial charge < -0.3 is 4.74 Å². The summed E-state index contributed by atoms with van der Waals surface area (Å²) in [5.41, 5.74) is 1.31. The van der Waals surface area contributed by atoms with Crippen molar-refractivity contribution >= 4 is 57.9 Å². The molecule has 1 aromatic carbocycles. The molecule has 0 saturated heterocycles. The van der Waals surface area contributed by atoms with Gasteiger partial charge in [0.05, 0.1) is 32.5 Å². The number of hydrogen-bond donors (Lipinski definition) is 0. The molecule has 9 heteroatoms. The maximum absolute atomic E-state index is 13.4. The van der Waals surface area contributed by atoms with Gasteiger partial charge in [0.25, 0.3) is 5.56 Å². The largest absolute Gasteiger partial charge is 0.463 e. The average Bonchev–Trinajstić information content (AvgIpc) is 3.33. The molecule has 1 aliphatic heterocycles. The number of thiophene rings is 1. The van der Waals surface area contributed by atoms with Gasteiger partial charge in [0.15, 0.2) is 4.80 Å². The van der Waals surface area contributed by atoms with Crippen LogP contribution < -0.4 is 14.9 Å². The van der Waals surface area contributed by atoms with Crippen LogP contribution in [0, 0.1) is 0 Å². The zero-order valence-corrected chi connectivity index (χ0v) is 19.2. The van der Waals surface area contributed by atoms with Crippen LogP contribution in [0.3, 0.4) is 0 Å². The minimum absolute atomic E-state index is 0.241. The highest BCUT2D eigenvalue weighted by molar-refractivity contribution is 7.10. The Hall–Kier alpha value is -2.19. The minimum Gasteiger partial charge on any atom is -0.463 e. The second-order valence-corrected chi connectivity index (χ2v) is 9.23. The van der Waals surface area contributed by atoms with E-state index < -0.39 is 12.0 Å². The zero-order chi connectivity index (χ0) is 21.4. The summed E-state index contributed by atoms with van der Waals surface area (Å²) in [4.78, 5) is 32.0. The van der Waals surface area contributed by atoms with Crippen LogP contribution >= 0.6 is 45.9 Å². The molecule has 0 amide bonds. The fraction of sp³-hybridized carbons (Fsp3) is 0.190. The predicted molar refractivity (Wildman–Crippen MR) is 121 cm³/mol. The SMILES string of the molecule is CCOC(=O)C1=C(C)N=c2s/c(=C\c3cccc(Cl)c3Cl)c(=O)n2[C@H]1c1cccs1. The molecule has 30 heavy (non-hydrogen) atoms. The van der Waals surface area contributed by atoms with Gasteiger partial charge in [-0.25, -0.2) is 9.79 Å². The van der Waals surface area contributed by atoms with E-state index in [-0.39, 0.29) is 12.2 Å². The summed E-state index contributed by atoms with van der Waals surface area (Å²) >= 11 is 15.1. The molecule has 154 valence electrons. The third-order valence-electron chi connectivity index (χ3n) is 4.60. The maximum Gasteiger partial charge on any atom is 0.338 e. The molecular weight excluding hydrogens is 463 g/mol. The normalized spacial score (nSPS) is 16.4. The van der Waals surface area contributed by atoms with Gasteiger partial charge in [-0.15, -0.1) is 11.3 Å². The Bertz CT molecular complexity index is 1340. The molecule has 0 N–H and O–H groups in total. The van der Waals surface area contributed by atoms with Crippen LogP contribution in [0.1, 0.15) is 30.3 Å². The molecule has 0 radical (unpaired) electrons. The number of benzene rings is 1. The van der Waals surface area contributed by atoms with E-state index in [9.17, 15) is 9.59 Å². The Labute approximate surface area is 190 Å². The lowest BCUT2D eigenvalue weighted by Crippen LogP contribution is -2.39. The number of thiazole rings is 1. The molecule has 0 bridgehead atoms. The first-order valence-corrected chi connectivity index (χ1v) is 11.5. The molecule has 3 aromatic rings. The molecule has 3 heterocycles. The molecule has 1 atom stereocenters. The van der Waals surface area contributed by atoms with Crippen molar-refractivity contribution in [1.29, 1.82) is 0 Å². The molecule has 0 saturated carbocycles. The van der Waals surface area contributed by atoms with Crippen LogP contribution in [-0.2, 0) is 9.53 Å². The first-order valence-electron chi connectivity index (χ1n) is 9.09. The van der Waals surface area contributed by atoms with E-state index in [0.29, 0.717) is 36.2 Å². The van der Waals surface area contributed by atoms with Crippen LogP contribution in [0.5, 0.6) is 0 Å². The summed E-state index contributed by atoms with van der Waals surface area (Å²) in [6, 6.07) is 8.46. The van der Waals surface area contributed by atoms with Gasteiger partial charge in [-0.05, 0) is 43.0 Å². The van der Waals surface area contributed by atoms with E-state index in [2.05, 4.69) is 4.99 Å². The van der Waals surface area contributed by atoms with E-state index in [1.54, 1.807) is 42.7 Å². The highest BCUT2D eigenvalue weighted by Crippen LogP contribution is 2.33. The molecular formula is C21H16Cl2N2O3S2. The number of nitrogens with zero attached hydrogens (tertiary/aromatic N) is 2. The molecule has 0 aliphatic carbocycles. The van der Waals surface area contributed by atoms with E-state index >= 15 is 0 Å². The van der Waals surface area contributed by atoms with E-state index in [4.69, 9.17) is 27.9 Å². The molecule has 0 spiro atoms. The number of fused-ring (bicyclic) bond motifs is 1. The van der Waals surface area contributed by atoms with Gasteiger partial charge in [0.2, 0.25) is 0 Å². The number of aromatic nitrogens is 1. The Balaban J connectivity index is 1.96. The molecule has 0 unspecified atom stereocenters. The lowest BCUT2D eigenvalue weighted by molar-refractivity contribution is -0.139.